The Balaban J connectivity index is 1.74. The number of carboxylic acids is 1. The van der Waals surface area contributed by atoms with E-state index in [9.17, 15) is 14.4 Å². The Morgan fingerprint density at radius 1 is 1.50 bits per heavy atom. The molecule has 0 aromatic carbocycles. The summed E-state index contributed by atoms with van der Waals surface area (Å²) in [5.41, 5.74) is 0. The second-order valence-corrected chi connectivity index (χ2v) is 5.62. The number of hydrogen-bond acceptors (Lipinski definition) is 4. The Labute approximate surface area is 109 Å². The Hall–Kier alpha value is -1.24. The fourth-order valence-electron chi connectivity index (χ4n) is 1.92. The average Bonchev–Trinajstić information content (AvgIpc) is 3.07. The quantitative estimate of drug-likeness (QED) is 0.736. The van der Waals surface area contributed by atoms with Crippen molar-refractivity contribution in [3.05, 3.63) is 0 Å². The maximum Gasteiger partial charge on any atom is 0.326 e. The molecule has 0 spiro atoms. The zero-order valence-electron chi connectivity index (χ0n) is 9.92. The molecule has 7 heteroatoms. The predicted octanol–water partition coefficient (Wildman–Crippen LogP) is 0.525. The number of hydrogen-bond donors (Lipinski definition) is 2. The third kappa shape index (κ3) is 3.38. The molecule has 1 atom stereocenters. The van der Waals surface area contributed by atoms with Gasteiger partial charge in [0.05, 0.1) is 0 Å². The smallest absolute Gasteiger partial charge is 0.326 e. The van der Waals surface area contributed by atoms with Gasteiger partial charge in [-0.25, -0.2) is 4.79 Å². The van der Waals surface area contributed by atoms with Crippen molar-refractivity contribution in [3.8, 4) is 0 Å². The molecule has 2 fully saturated rings. The SMILES string of the molecule is O=C(CCN1CCSC1=O)NC(C(=O)O)C1CC1. The van der Waals surface area contributed by atoms with Crippen molar-refractivity contribution in [1.82, 2.24) is 10.2 Å². The summed E-state index contributed by atoms with van der Waals surface area (Å²) in [5.74, 6) is -0.423. The van der Waals surface area contributed by atoms with Crippen LogP contribution in [-0.4, -0.2) is 52.0 Å². The number of carbonyl (C=O) groups is 3. The van der Waals surface area contributed by atoms with Gasteiger partial charge in [0.15, 0.2) is 0 Å². The van der Waals surface area contributed by atoms with Gasteiger partial charge < -0.3 is 15.3 Å². The van der Waals surface area contributed by atoms with E-state index in [1.807, 2.05) is 0 Å². The van der Waals surface area contributed by atoms with Crippen LogP contribution in [0.25, 0.3) is 0 Å². The predicted molar refractivity (Wildman–Crippen MR) is 66.3 cm³/mol. The highest BCUT2D eigenvalue weighted by Gasteiger charge is 2.37. The van der Waals surface area contributed by atoms with Gasteiger partial charge in [-0.05, 0) is 18.8 Å². The van der Waals surface area contributed by atoms with Crippen LogP contribution in [0.4, 0.5) is 4.79 Å². The number of aliphatic carboxylic acids is 1. The zero-order chi connectivity index (χ0) is 13.1. The van der Waals surface area contributed by atoms with E-state index in [-0.39, 0.29) is 23.5 Å². The third-order valence-electron chi connectivity index (χ3n) is 3.13. The second-order valence-electron chi connectivity index (χ2n) is 4.57. The number of carboxylic acid groups (broad SMARTS) is 1. The summed E-state index contributed by atoms with van der Waals surface area (Å²) < 4.78 is 0. The van der Waals surface area contributed by atoms with E-state index < -0.39 is 12.0 Å². The first-order chi connectivity index (χ1) is 8.58. The minimum Gasteiger partial charge on any atom is -0.480 e. The summed E-state index contributed by atoms with van der Waals surface area (Å²) in [5, 5.41) is 11.5. The molecule has 2 amide bonds. The normalized spacial score (nSPS) is 20.9. The number of thioether (sulfide) groups is 1. The van der Waals surface area contributed by atoms with Crippen molar-refractivity contribution in [2.24, 2.45) is 5.92 Å². The minimum atomic E-state index is -0.973. The lowest BCUT2D eigenvalue weighted by Gasteiger charge is -2.16. The van der Waals surface area contributed by atoms with Gasteiger partial charge in [0.25, 0.3) is 5.24 Å². The summed E-state index contributed by atoms with van der Waals surface area (Å²) in [7, 11) is 0. The molecule has 1 saturated heterocycles. The topological polar surface area (TPSA) is 86.7 Å². The largest absolute Gasteiger partial charge is 0.480 e. The van der Waals surface area contributed by atoms with Crippen LogP contribution < -0.4 is 5.32 Å². The molecule has 100 valence electrons. The molecule has 2 N–H and O–H groups in total. The molecule has 18 heavy (non-hydrogen) atoms. The molecule has 0 aromatic heterocycles. The van der Waals surface area contributed by atoms with Gasteiger partial charge in [-0.15, -0.1) is 0 Å². The second kappa shape index (κ2) is 5.60. The Bertz CT molecular complexity index is 370. The van der Waals surface area contributed by atoms with Gasteiger partial charge in [-0.2, -0.15) is 0 Å². The summed E-state index contributed by atoms with van der Waals surface area (Å²) in [6, 6.07) is -0.763. The highest BCUT2D eigenvalue weighted by Crippen LogP contribution is 2.32. The minimum absolute atomic E-state index is 0.000206. The Kier molecular flexibility index (Phi) is 4.11. The van der Waals surface area contributed by atoms with Gasteiger partial charge in [0.2, 0.25) is 5.91 Å². The molecule has 6 nitrogen and oxygen atoms in total. The van der Waals surface area contributed by atoms with Crippen molar-refractivity contribution < 1.29 is 19.5 Å². The maximum atomic E-state index is 11.6. The molecule has 0 radical (unpaired) electrons. The maximum absolute atomic E-state index is 11.6. The van der Waals surface area contributed by atoms with Crippen LogP contribution in [0, 0.1) is 5.92 Å². The average molecular weight is 272 g/mol. The van der Waals surface area contributed by atoms with Gasteiger partial charge in [-0.1, -0.05) is 11.8 Å². The molecule has 1 saturated carbocycles. The lowest BCUT2D eigenvalue weighted by molar-refractivity contribution is -0.142. The fourth-order valence-corrected chi connectivity index (χ4v) is 2.77. The molecule has 1 aliphatic heterocycles. The summed E-state index contributed by atoms with van der Waals surface area (Å²) in [6.07, 6.45) is 1.89. The Morgan fingerprint density at radius 3 is 2.72 bits per heavy atom. The monoisotopic (exact) mass is 272 g/mol. The molecule has 0 bridgehead atoms. The fraction of sp³-hybridized carbons (Fsp3) is 0.727. The highest BCUT2D eigenvalue weighted by molar-refractivity contribution is 8.13. The first-order valence-electron chi connectivity index (χ1n) is 6.02. The van der Waals surface area contributed by atoms with E-state index in [2.05, 4.69) is 5.32 Å². The molecule has 0 aromatic rings. The number of amides is 2. The van der Waals surface area contributed by atoms with Crippen LogP contribution in [0.1, 0.15) is 19.3 Å². The first kappa shape index (κ1) is 13.2. The van der Waals surface area contributed by atoms with Crippen LogP contribution in [0.3, 0.4) is 0 Å². The van der Waals surface area contributed by atoms with Crippen molar-refractivity contribution >= 4 is 28.9 Å². The van der Waals surface area contributed by atoms with Gasteiger partial charge in [0, 0.05) is 25.3 Å². The Morgan fingerprint density at radius 2 is 2.22 bits per heavy atom. The van der Waals surface area contributed by atoms with Gasteiger partial charge in [0.1, 0.15) is 6.04 Å². The third-order valence-corrected chi connectivity index (χ3v) is 4.02. The lowest BCUT2D eigenvalue weighted by atomic mass is 10.2. The van der Waals surface area contributed by atoms with Gasteiger partial charge in [-0.3, -0.25) is 9.59 Å². The van der Waals surface area contributed by atoms with E-state index in [1.54, 1.807) is 4.90 Å². The van der Waals surface area contributed by atoms with Gasteiger partial charge >= 0.3 is 5.97 Å². The van der Waals surface area contributed by atoms with E-state index in [0.29, 0.717) is 13.1 Å². The van der Waals surface area contributed by atoms with Crippen LogP contribution in [0.2, 0.25) is 0 Å². The van der Waals surface area contributed by atoms with Crippen LogP contribution in [-0.2, 0) is 9.59 Å². The van der Waals surface area contributed by atoms with Crippen LogP contribution in [0.5, 0.6) is 0 Å². The number of carbonyl (C=O) groups excluding carboxylic acids is 2. The summed E-state index contributed by atoms with van der Waals surface area (Å²) in [4.78, 5) is 35.5. The van der Waals surface area contributed by atoms with Crippen molar-refractivity contribution in [3.63, 3.8) is 0 Å². The molecule has 2 rings (SSSR count). The summed E-state index contributed by atoms with van der Waals surface area (Å²) in [6.45, 7) is 1.04. The number of nitrogens with one attached hydrogen (secondary N) is 1. The van der Waals surface area contributed by atoms with Crippen LogP contribution >= 0.6 is 11.8 Å². The van der Waals surface area contributed by atoms with Crippen molar-refractivity contribution in [2.45, 2.75) is 25.3 Å². The standard InChI is InChI=1S/C11H16N2O4S/c14-8(3-4-13-5-6-18-11(13)17)12-9(10(15)16)7-1-2-7/h7,9H,1-6H2,(H,12,14)(H,15,16). The van der Waals surface area contributed by atoms with Crippen molar-refractivity contribution in [1.29, 1.82) is 0 Å². The highest BCUT2D eigenvalue weighted by atomic mass is 32.2. The number of nitrogens with zero attached hydrogens (tertiary/aromatic N) is 1. The van der Waals surface area contributed by atoms with Crippen LogP contribution in [0.15, 0.2) is 0 Å². The molecule has 1 aliphatic carbocycles. The molecule has 1 heterocycles. The van der Waals surface area contributed by atoms with E-state index in [4.69, 9.17) is 5.11 Å². The lowest BCUT2D eigenvalue weighted by Crippen LogP contribution is -2.43. The summed E-state index contributed by atoms with van der Waals surface area (Å²) >= 11 is 1.25. The molecular formula is C11H16N2O4S. The van der Waals surface area contributed by atoms with E-state index in [1.165, 1.54) is 11.8 Å². The van der Waals surface area contributed by atoms with Crippen molar-refractivity contribution in [2.75, 3.05) is 18.8 Å². The zero-order valence-corrected chi connectivity index (χ0v) is 10.7. The first-order valence-corrected chi connectivity index (χ1v) is 7.00. The van der Waals surface area contributed by atoms with E-state index in [0.717, 1.165) is 18.6 Å². The number of rotatable bonds is 6. The molecule has 1 unspecified atom stereocenters. The molecular weight excluding hydrogens is 256 g/mol. The molecule has 2 aliphatic rings. The van der Waals surface area contributed by atoms with E-state index >= 15 is 0 Å².